The summed E-state index contributed by atoms with van der Waals surface area (Å²) in [6, 6.07) is 29.0. The van der Waals surface area contributed by atoms with Crippen LogP contribution in [0.5, 0.6) is 0 Å². The maximum absolute atomic E-state index is 14.0. The zero-order valence-corrected chi connectivity index (χ0v) is 25.3. The van der Waals surface area contributed by atoms with Crippen LogP contribution >= 0.6 is 0 Å². The smallest absolute Gasteiger partial charge is 0.243 e. The molecule has 0 aliphatic carbocycles. The molecule has 0 spiro atoms. The van der Waals surface area contributed by atoms with Crippen molar-refractivity contribution in [2.45, 2.75) is 50.6 Å². The highest BCUT2D eigenvalue weighted by molar-refractivity contribution is 7.89. The minimum absolute atomic E-state index is 0.111. The highest BCUT2D eigenvalue weighted by Crippen LogP contribution is 2.22. The highest BCUT2D eigenvalue weighted by atomic mass is 32.2. The number of sulfonamides is 1. The third-order valence-corrected chi connectivity index (χ3v) is 9.16. The van der Waals surface area contributed by atoms with Crippen molar-refractivity contribution in [1.82, 2.24) is 14.5 Å². The second-order valence-electron chi connectivity index (χ2n) is 10.6. The molecule has 0 aliphatic heterocycles. The summed E-state index contributed by atoms with van der Waals surface area (Å²) in [5, 5.41) is 4.72. The summed E-state index contributed by atoms with van der Waals surface area (Å²) in [6.07, 6.45) is 2.05. The van der Waals surface area contributed by atoms with Gasteiger partial charge in [0, 0.05) is 26.6 Å². The first-order valence-electron chi connectivity index (χ1n) is 14.3. The number of hydrogen-bond acceptors (Lipinski definition) is 4. The van der Waals surface area contributed by atoms with Crippen LogP contribution in [0.4, 0.5) is 0 Å². The average Bonchev–Trinajstić information content (AvgIpc) is 3.00. The van der Waals surface area contributed by atoms with E-state index in [0.717, 1.165) is 44.6 Å². The SMILES string of the molecule is CCCCNC(=O)[C@H](Cc1ccccc1)N(Cc1ccc(C)cc1)C(=O)CN(C)S(=O)(=O)c1ccc2ccccc2c1. The lowest BCUT2D eigenvalue weighted by Crippen LogP contribution is -2.53. The quantitative estimate of drug-likeness (QED) is 0.215. The number of carbonyl (C=O) groups excluding carboxylic acids is 2. The van der Waals surface area contributed by atoms with Gasteiger partial charge in [-0.25, -0.2) is 8.42 Å². The molecule has 0 bridgehead atoms. The molecule has 8 heteroatoms. The Labute approximate surface area is 249 Å². The fraction of sp³-hybridized carbons (Fsp3) is 0.294. The predicted octanol–water partition coefficient (Wildman–Crippen LogP) is 5.33. The van der Waals surface area contributed by atoms with Gasteiger partial charge in [0.2, 0.25) is 21.8 Å². The maximum atomic E-state index is 14.0. The zero-order chi connectivity index (χ0) is 30.1. The average molecular weight is 586 g/mol. The minimum Gasteiger partial charge on any atom is -0.354 e. The molecule has 4 aromatic carbocycles. The van der Waals surface area contributed by atoms with Gasteiger partial charge >= 0.3 is 0 Å². The number of likely N-dealkylation sites (N-methyl/N-ethyl adjacent to an activating group) is 1. The summed E-state index contributed by atoms with van der Waals surface area (Å²) in [5.41, 5.74) is 2.84. The molecule has 1 N–H and O–H groups in total. The van der Waals surface area contributed by atoms with E-state index in [-0.39, 0.29) is 17.3 Å². The molecule has 220 valence electrons. The van der Waals surface area contributed by atoms with Crippen molar-refractivity contribution < 1.29 is 18.0 Å². The zero-order valence-electron chi connectivity index (χ0n) is 24.5. The topological polar surface area (TPSA) is 86.8 Å². The lowest BCUT2D eigenvalue weighted by atomic mass is 10.0. The summed E-state index contributed by atoms with van der Waals surface area (Å²) >= 11 is 0. The Kier molecular flexibility index (Phi) is 10.5. The number of nitrogens with one attached hydrogen (secondary N) is 1. The van der Waals surface area contributed by atoms with Gasteiger partial charge in [0.15, 0.2) is 0 Å². The number of fused-ring (bicyclic) bond motifs is 1. The lowest BCUT2D eigenvalue weighted by Gasteiger charge is -2.32. The number of amides is 2. The molecule has 1 atom stereocenters. The Morgan fingerprint density at radius 2 is 1.50 bits per heavy atom. The first kappa shape index (κ1) is 30.9. The fourth-order valence-electron chi connectivity index (χ4n) is 4.82. The normalized spacial score (nSPS) is 12.3. The molecule has 0 fully saturated rings. The first-order chi connectivity index (χ1) is 20.2. The Morgan fingerprint density at radius 1 is 0.833 bits per heavy atom. The second-order valence-corrected chi connectivity index (χ2v) is 12.7. The molecule has 0 unspecified atom stereocenters. The van der Waals surface area contributed by atoms with Crippen molar-refractivity contribution >= 4 is 32.6 Å². The molecule has 7 nitrogen and oxygen atoms in total. The van der Waals surface area contributed by atoms with E-state index in [0.29, 0.717) is 13.0 Å². The molecule has 4 rings (SSSR count). The molecule has 0 aromatic heterocycles. The van der Waals surface area contributed by atoms with Crippen molar-refractivity contribution in [1.29, 1.82) is 0 Å². The standard InChI is InChI=1S/C34H39N3O4S/c1-4-5-21-35-34(39)32(22-27-11-7-6-8-12-27)37(24-28-17-15-26(2)16-18-28)33(38)25-36(3)42(40,41)31-20-19-29-13-9-10-14-30(29)23-31/h6-20,23,32H,4-5,21-22,24-25H2,1-3H3,(H,35,39)/t32-/m0/s1. The van der Waals surface area contributed by atoms with Gasteiger partial charge in [-0.15, -0.1) is 0 Å². The molecule has 0 saturated heterocycles. The minimum atomic E-state index is -3.97. The number of carbonyl (C=O) groups is 2. The van der Waals surface area contributed by atoms with E-state index < -0.39 is 28.5 Å². The van der Waals surface area contributed by atoms with Crippen LogP contribution in [0, 0.1) is 6.92 Å². The van der Waals surface area contributed by atoms with Crippen LogP contribution in [-0.2, 0) is 32.6 Å². The third kappa shape index (κ3) is 7.84. The molecule has 2 amide bonds. The van der Waals surface area contributed by atoms with E-state index in [1.165, 1.54) is 11.9 Å². The van der Waals surface area contributed by atoms with Crippen molar-refractivity contribution in [3.8, 4) is 0 Å². The molecular formula is C34H39N3O4S. The van der Waals surface area contributed by atoms with Gasteiger partial charge in [-0.2, -0.15) is 4.31 Å². The highest BCUT2D eigenvalue weighted by Gasteiger charge is 2.33. The number of nitrogens with zero attached hydrogens (tertiary/aromatic N) is 2. The van der Waals surface area contributed by atoms with Crippen LogP contribution in [0.3, 0.4) is 0 Å². The van der Waals surface area contributed by atoms with Crippen LogP contribution in [0.2, 0.25) is 0 Å². The Bertz CT molecular complexity index is 1610. The van der Waals surface area contributed by atoms with Gasteiger partial charge in [-0.1, -0.05) is 104 Å². The van der Waals surface area contributed by atoms with E-state index in [2.05, 4.69) is 5.32 Å². The Hall–Kier alpha value is -4.01. The van der Waals surface area contributed by atoms with Crippen LogP contribution in [0.15, 0.2) is 102 Å². The van der Waals surface area contributed by atoms with Crippen LogP contribution in [0.25, 0.3) is 10.8 Å². The number of rotatable bonds is 13. The van der Waals surface area contributed by atoms with Crippen molar-refractivity contribution in [3.63, 3.8) is 0 Å². The number of unbranched alkanes of at least 4 members (excludes halogenated alkanes) is 1. The summed E-state index contributed by atoms with van der Waals surface area (Å²) < 4.78 is 28.2. The van der Waals surface area contributed by atoms with Crippen molar-refractivity contribution in [2.24, 2.45) is 0 Å². The maximum Gasteiger partial charge on any atom is 0.243 e. The Balaban J connectivity index is 1.65. The molecular weight excluding hydrogens is 546 g/mol. The van der Waals surface area contributed by atoms with E-state index in [1.807, 2.05) is 92.7 Å². The fourth-order valence-corrected chi connectivity index (χ4v) is 5.98. The van der Waals surface area contributed by atoms with Crippen LogP contribution in [0.1, 0.15) is 36.5 Å². The van der Waals surface area contributed by atoms with E-state index in [9.17, 15) is 18.0 Å². The van der Waals surface area contributed by atoms with Gasteiger partial charge in [0.05, 0.1) is 11.4 Å². The van der Waals surface area contributed by atoms with Crippen LogP contribution < -0.4 is 5.32 Å². The van der Waals surface area contributed by atoms with Gasteiger partial charge in [0.25, 0.3) is 0 Å². The number of hydrogen-bond donors (Lipinski definition) is 1. The lowest BCUT2D eigenvalue weighted by molar-refractivity contribution is -0.141. The summed E-state index contributed by atoms with van der Waals surface area (Å²) in [4.78, 5) is 29.3. The molecule has 4 aromatic rings. The summed E-state index contributed by atoms with van der Waals surface area (Å²) in [6.45, 7) is 4.30. The van der Waals surface area contributed by atoms with Crippen molar-refractivity contribution in [3.05, 3.63) is 114 Å². The molecule has 0 saturated carbocycles. The number of benzene rings is 4. The van der Waals surface area contributed by atoms with E-state index in [1.54, 1.807) is 18.2 Å². The van der Waals surface area contributed by atoms with Gasteiger partial charge in [0.1, 0.15) is 6.04 Å². The van der Waals surface area contributed by atoms with Gasteiger partial charge in [-0.05, 0) is 47.4 Å². The predicted molar refractivity (Wildman–Crippen MR) is 167 cm³/mol. The largest absolute Gasteiger partial charge is 0.354 e. The van der Waals surface area contributed by atoms with Crippen molar-refractivity contribution in [2.75, 3.05) is 20.1 Å². The third-order valence-electron chi connectivity index (χ3n) is 7.36. The molecule has 0 aliphatic rings. The Morgan fingerprint density at radius 3 is 2.19 bits per heavy atom. The monoisotopic (exact) mass is 585 g/mol. The van der Waals surface area contributed by atoms with E-state index in [4.69, 9.17) is 0 Å². The first-order valence-corrected chi connectivity index (χ1v) is 15.7. The van der Waals surface area contributed by atoms with Gasteiger partial charge < -0.3 is 10.2 Å². The van der Waals surface area contributed by atoms with E-state index >= 15 is 0 Å². The molecule has 0 heterocycles. The molecule has 42 heavy (non-hydrogen) atoms. The van der Waals surface area contributed by atoms with Gasteiger partial charge in [-0.3, -0.25) is 9.59 Å². The molecule has 0 radical (unpaired) electrons. The number of aryl methyl sites for hydroxylation is 1. The van der Waals surface area contributed by atoms with Crippen LogP contribution in [-0.4, -0.2) is 55.6 Å². The summed E-state index contributed by atoms with van der Waals surface area (Å²) in [5.74, 6) is -0.707. The summed E-state index contributed by atoms with van der Waals surface area (Å²) in [7, 11) is -2.57. The second kappa shape index (κ2) is 14.2.